The third-order valence-electron chi connectivity index (χ3n) is 9.50. The van der Waals surface area contributed by atoms with Gasteiger partial charge in [-0.25, -0.2) is 0 Å². The first kappa shape index (κ1) is 20.1. The third-order valence-corrected chi connectivity index (χ3v) is 9.50. The van der Waals surface area contributed by atoms with Crippen LogP contribution in [0.25, 0.3) is 0 Å². The molecule has 4 aliphatic rings. The third kappa shape index (κ3) is 2.72. The van der Waals surface area contributed by atoms with Crippen LogP contribution in [0.1, 0.15) is 78.6 Å². The van der Waals surface area contributed by atoms with E-state index in [0.29, 0.717) is 42.3 Å². The van der Waals surface area contributed by atoms with Gasteiger partial charge >= 0.3 is 5.97 Å². The predicted molar refractivity (Wildman–Crippen MR) is 103 cm³/mol. The Morgan fingerprint density at radius 1 is 1.07 bits per heavy atom. The Labute approximate surface area is 167 Å². The molecule has 0 heterocycles. The molecule has 1 N–H and O–H groups in total. The monoisotopic (exact) mass is 390 g/mol. The maximum atomic E-state index is 12.9. The molecule has 0 aromatic rings. The van der Waals surface area contributed by atoms with Gasteiger partial charge in [-0.2, -0.15) is 0 Å². The molecular formula is C23H34O5. The SMILES string of the molecule is CC(=O)OCC(=O)[C@@]1(O)CC[C@H]2[C@@H]3CC[C@H]4CC(=O)CC[C@]4(C)[C@@H]3CC[C@@]21C. The fourth-order valence-electron chi connectivity index (χ4n) is 7.81. The smallest absolute Gasteiger partial charge is 0.303 e. The average Bonchev–Trinajstić information content (AvgIpc) is 2.92. The highest BCUT2D eigenvalue weighted by Gasteiger charge is 2.66. The van der Waals surface area contributed by atoms with Crippen molar-refractivity contribution in [2.45, 2.75) is 84.2 Å². The minimum atomic E-state index is -1.39. The van der Waals surface area contributed by atoms with E-state index in [1.54, 1.807) is 0 Å². The van der Waals surface area contributed by atoms with Crippen LogP contribution in [0.3, 0.4) is 0 Å². The molecule has 0 unspecified atom stereocenters. The topological polar surface area (TPSA) is 80.7 Å². The van der Waals surface area contributed by atoms with Crippen molar-refractivity contribution in [2.75, 3.05) is 6.61 Å². The Bertz CT molecular complexity index is 701. The number of Topliss-reactive ketones (excluding diaryl/α,β-unsaturated/α-hetero) is 2. The molecule has 0 aliphatic heterocycles. The highest BCUT2D eigenvalue weighted by atomic mass is 16.5. The van der Waals surface area contributed by atoms with Crippen LogP contribution in [0.4, 0.5) is 0 Å². The van der Waals surface area contributed by atoms with Crippen LogP contribution in [0, 0.1) is 34.5 Å². The van der Waals surface area contributed by atoms with Gasteiger partial charge in [-0.15, -0.1) is 0 Å². The maximum Gasteiger partial charge on any atom is 0.303 e. The molecule has 4 aliphatic carbocycles. The van der Waals surface area contributed by atoms with Gasteiger partial charge in [0.15, 0.2) is 6.61 Å². The summed E-state index contributed by atoms with van der Waals surface area (Å²) in [5.41, 5.74) is -1.61. The van der Waals surface area contributed by atoms with E-state index in [9.17, 15) is 19.5 Å². The lowest BCUT2D eigenvalue weighted by atomic mass is 9.44. The van der Waals surface area contributed by atoms with E-state index in [1.165, 1.54) is 6.92 Å². The summed E-state index contributed by atoms with van der Waals surface area (Å²) in [6.07, 6.45) is 7.82. The molecule has 4 rings (SSSR count). The number of ether oxygens (including phenoxy) is 1. The summed E-state index contributed by atoms with van der Waals surface area (Å²) in [5.74, 6) is 1.53. The Balaban J connectivity index is 1.57. The number of esters is 1. The van der Waals surface area contributed by atoms with E-state index in [-0.39, 0.29) is 17.8 Å². The number of fused-ring (bicyclic) bond motifs is 5. The summed E-state index contributed by atoms with van der Waals surface area (Å²) in [6, 6.07) is 0. The molecule has 4 fully saturated rings. The average molecular weight is 391 g/mol. The molecule has 0 saturated heterocycles. The first-order valence-electron chi connectivity index (χ1n) is 11.0. The molecule has 7 atom stereocenters. The van der Waals surface area contributed by atoms with Crippen molar-refractivity contribution in [3.05, 3.63) is 0 Å². The minimum Gasteiger partial charge on any atom is -0.458 e. The molecule has 0 spiro atoms. The van der Waals surface area contributed by atoms with Crippen molar-refractivity contribution in [1.82, 2.24) is 0 Å². The highest BCUT2D eigenvalue weighted by molar-refractivity contribution is 5.91. The molecule has 0 amide bonds. The van der Waals surface area contributed by atoms with Crippen LogP contribution in [0.5, 0.6) is 0 Å². The van der Waals surface area contributed by atoms with Gasteiger partial charge < -0.3 is 9.84 Å². The van der Waals surface area contributed by atoms with E-state index in [2.05, 4.69) is 13.8 Å². The normalized spacial score (nSPS) is 47.6. The second-order valence-corrected chi connectivity index (χ2v) is 10.5. The number of carbonyl (C=O) groups is 3. The second kappa shape index (κ2) is 6.65. The molecule has 5 nitrogen and oxygen atoms in total. The van der Waals surface area contributed by atoms with Gasteiger partial charge in [-0.3, -0.25) is 14.4 Å². The van der Waals surface area contributed by atoms with Gasteiger partial charge in [0.05, 0.1) is 0 Å². The molecule has 0 aromatic carbocycles. The summed E-state index contributed by atoms with van der Waals surface area (Å²) in [6.45, 7) is 5.45. The van der Waals surface area contributed by atoms with Gasteiger partial charge in [0.1, 0.15) is 11.4 Å². The zero-order chi connectivity index (χ0) is 20.3. The van der Waals surface area contributed by atoms with E-state index < -0.39 is 17.0 Å². The molecule has 4 saturated carbocycles. The van der Waals surface area contributed by atoms with Crippen LogP contribution in [-0.4, -0.2) is 34.9 Å². The number of aliphatic hydroxyl groups is 1. The van der Waals surface area contributed by atoms with Crippen molar-refractivity contribution in [1.29, 1.82) is 0 Å². The number of hydrogen-bond donors (Lipinski definition) is 1. The number of carbonyl (C=O) groups excluding carboxylic acids is 3. The maximum absolute atomic E-state index is 12.9. The lowest BCUT2D eigenvalue weighted by Crippen LogP contribution is -2.59. The van der Waals surface area contributed by atoms with Crippen LogP contribution in [0.15, 0.2) is 0 Å². The molecule has 28 heavy (non-hydrogen) atoms. The molecule has 156 valence electrons. The fourth-order valence-corrected chi connectivity index (χ4v) is 7.81. The standard InChI is InChI=1S/C23H34O5/c1-14(24)28-13-20(26)23(27)11-8-19-17-5-4-15-12-16(25)6-9-21(15,2)18(17)7-10-22(19,23)3/h15,17-19,27H,4-13H2,1-3H3/t15-,17+,18+,19-,21-,22-,23-/m0/s1. The van der Waals surface area contributed by atoms with Crippen LogP contribution in [-0.2, 0) is 19.1 Å². The fraction of sp³-hybridized carbons (Fsp3) is 0.870. The van der Waals surface area contributed by atoms with Crippen molar-refractivity contribution in [3.63, 3.8) is 0 Å². The summed E-state index contributed by atoms with van der Waals surface area (Å²) in [7, 11) is 0. The van der Waals surface area contributed by atoms with Gasteiger partial charge in [0, 0.05) is 25.2 Å². The van der Waals surface area contributed by atoms with E-state index >= 15 is 0 Å². The Morgan fingerprint density at radius 3 is 2.50 bits per heavy atom. The Hall–Kier alpha value is -1.23. The Kier molecular flexibility index (Phi) is 4.76. The van der Waals surface area contributed by atoms with Gasteiger partial charge in [-0.05, 0) is 74.0 Å². The van der Waals surface area contributed by atoms with E-state index in [4.69, 9.17) is 4.74 Å². The summed E-state index contributed by atoms with van der Waals surface area (Å²) < 4.78 is 4.93. The largest absolute Gasteiger partial charge is 0.458 e. The predicted octanol–water partition coefficient (Wildman–Crippen LogP) is 3.46. The molecule has 5 heteroatoms. The number of hydrogen-bond acceptors (Lipinski definition) is 5. The van der Waals surface area contributed by atoms with Crippen molar-refractivity contribution in [2.24, 2.45) is 34.5 Å². The zero-order valence-electron chi connectivity index (χ0n) is 17.5. The van der Waals surface area contributed by atoms with Crippen molar-refractivity contribution >= 4 is 17.5 Å². The molecule has 0 radical (unpaired) electrons. The highest BCUT2D eigenvalue weighted by Crippen LogP contribution is 2.68. The lowest BCUT2D eigenvalue weighted by Gasteiger charge is -2.60. The van der Waals surface area contributed by atoms with Gasteiger partial charge in [0.2, 0.25) is 5.78 Å². The molecule has 0 aromatic heterocycles. The van der Waals surface area contributed by atoms with E-state index in [1.807, 2.05) is 0 Å². The number of rotatable bonds is 3. The van der Waals surface area contributed by atoms with Crippen molar-refractivity contribution < 1.29 is 24.2 Å². The Morgan fingerprint density at radius 2 is 1.79 bits per heavy atom. The quantitative estimate of drug-likeness (QED) is 0.747. The summed E-state index contributed by atoms with van der Waals surface area (Å²) >= 11 is 0. The number of ketones is 2. The summed E-state index contributed by atoms with van der Waals surface area (Å²) in [5, 5.41) is 11.5. The molecule has 0 bridgehead atoms. The van der Waals surface area contributed by atoms with E-state index in [0.717, 1.165) is 44.9 Å². The first-order valence-corrected chi connectivity index (χ1v) is 11.0. The van der Waals surface area contributed by atoms with Crippen LogP contribution < -0.4 is 0 Å². The first-order chi connectivity index (χ1) is 13.1. The zero-order valence-corrected chi connectivity index (χ0v) is 17.5. The lowest BCUT2D eigenvalue weighted by molar-refractivity contribution is -0.175. The van der Waals surface area contributed by atoms with Gasteiger partial charge in [0.25, 0.3) is 0 Å². The minimum absolute atomic E-state index is 0.223. The summed E-state index contributed by atoms with van der Waals surface area (Å²) in [4.78, 5) is 36.0. The van der Waals surface area contributed by atoms with Crippen LogP contribution >= 0.6 is 0 Å². The van der Waals surface area contributed by atoms with Crippen LogP contribution in [0.2, 0.25) is 0 Å². The second-order valence-electron chi connectivity index (χ2n) is 10.5. The molecular weight excluding hydrogens is 356 g/mol. The van der Waals surface area contributed by atoms with Crippen molar-refractivity contribution in [3.8, 4) is 0 Å². The van der Waals surface area contributed by atoms with Gasteiger partial charge in [-0.1, -0.05) is 13.8 Å².